The van der Waals surface area contributed by atoms with E-state index in [1.807, 2.05) is 6.92 Å². The molecule has 2 unspecified atom stereocenters. The van der Waals surface area contributed by atoms with Crippen LogP contribution in [0.5, 0.6) is 0 Å². The molecule has 1 aliphatic carbocycles. The molecule has 0 spiro atoms. The minimum absolute atomic E-state index is 0.00261. The Morgan fingerprint density at radius 3 is 2.50 bits per heavy atom. The molecular formula is C16H27N3O5. The molecule has 0 bridgehead atoms. The molecule has 0 radical (unpaired) electrons. The first kappa shape index (κ1) is 19.8. The second-order valence-corrected chi connectivity index (χ2v) is 5.90. The summed E-state index contributed by atoms with van der Waals surface area (Å²) >= 11 is 0. The SMILES string of the molecule is C=C(CCOC(=O)NC1CCCC(NC(=O)NCCC)C1)C(=O)O. The second-order valence-electron chi connectivity index (χ2n) is 5.90. The van der Waals surface area contributed by atoms with Gasteiger partial charge in [-0.2, -0.15) is 0 Å². The first-order valence-corrected chi connectivity index (χ1v) is 8.31. The van der Waals surface area contributed by atoms with E-state index in [2.05, 4.69) is 22.5 Å². The number of urea groups is 1. The van der Waals surface area contributed by atoms with Crippen LogP contribution in [-0.2, 0) is 9.53 Å². The average molecular weight is 341 g/mol. The topological polar surface area (TPSA) is 117 Å². The summed E-state index contributed by atoms with van der Waals surface area (Å²) in [5, 5.41) is 17.1. The highest BCUT2D eigenvalue weighted by molar-refractivity contribution is 5.85. The number of carboxylic acids is 1. The number of carboxylic acid groups (broad SMARTS) is 1. The Morgan fingerprint density at radius 1 is 1.21 bits per heavy atom. The Hall–Kier alpha value is -2.25. The van der Waals surface area contributed by atoms with Crippen LogP contribution in [0.25, 0.3) is 0 Å². The van der Waals surface area contributed by atoms with Crippen molar-refractivity contribution in [3.8, 4) is 0 Å². The van der Waals surface area contributed by atoms with E-state index in [1.165, 1.54) is 0 Å². The standard InChI is InChI=1S/C16H27N3O5/c1-3-8-17-15(22)18-12-5-4-6-13(10-12)19-16(23)24-9-7-11(2)14(20)21/h12-13H,2-10H2,1H3,(H,19,23)(H,20,21)(H2,17,18,22). The number of carbonyl (C=O) groups excluding carboxylic acids is 2. The third kappa shape index (κ3) is 7.85. The summed E-state index contributed by atoms with van der Waals surface area (Å²) in [6.45, 7) is 5.96. The maximum absolute atomic E-state index is 11.7. The maximum Gasteiger partial charge on any atom is 0.407 e. The average Bonchev–Trinajstić information content (AvgIpc) is 2.53. The van der Waals surface area contributed by atoms with Crippen LogP contribution >= 0.6 is 0 Å². The number of aliphatic carboxylic acids is 1. The zero-order chi connectivity index (χ0) is 17.9. The van der Waals surface area contributed by atoms with E-state index >= 15 is 0 Å². The largest absolute Gasteiger partial charge is 0.478 e. The Bertz CT molecular complexity index is 467. The molecule has 0 aliphatic heterocycles. The van der Waals surface area contributed by atoms with Crippen molar-refractivity contribution in [1.29, 1.82) is 0 Å². The molecule has 1 aliphatic rings. The number of hydrogen-bond acceptors (Lipinski definition) is 4. The van der Waals surface area contributed by atoms with Crippen molar-refractivity contribution in [1.82, 2.24) is 16.0 Å². The van der Waals surface area contributed by atoms with Gasteiger partial charge < -0.3 is 25.8 Å². The Kier molecular flexibility index (Phi) is 8.67. The first-order valence-electron chi connectivity index (χ1n) is 8.31. The highest BCUT2D eigenvalue weighted by Crippen LogP contribution is 2.18. The fraction of sp³-hybridized carbons (Fsp3) is 0.688. The molecule has 2 atom stereocenters. The van der Waals surface area contributed by atoms with Crippen molar-refractivity contribution in [2.75, 3.05) is 13.2 Å². The van der Waals surface area contributed by atoms with Gasteiger partial charge in [0.15, 0.2) is 0 Å². The van der Waals surface area contributed by atoms with E-state index in [1.54, 1.807) is 0 Å². The summed E-state index contributed by atoms with van der Waals surface area (Å²) in [5.74, 6) is -1.10. The van der Waals surface area contributed by atoms with Crippen molar-refractivity contribution in [3.63, 3.8) is 0 Å². The van der Waals surface area contributed by atoms with Crippen LogP contribution in [0.15, 0.2) is 12.2 Å². The minimum atomic E-state index is -1.10. The minimum Gasteiger partial charge on any atom is -0.478 e. The molecular weight excluding hydrogens is 314 g/mol. The molecule has 0 aromatic carbocycles. The number of rotatable bonds is 8. The van der Waals surface area contributed by atoms with Gasteiger partial charge in [0, 0.05) is 30.6 Å². The molecule has 24 heavy (non-hydrogen) atoms. The van der Waals surface area contributed by atoms with Gasteiger partial charge in [-0.05, 0) is 32.1 Å². The highest BCUT2D eigenvalue weighted by atomic mass is 16.5. The molecule has 0 aromatic rings. The zero-order valence-electron chi connectivity index (χ0n) is 14.1. The van der Waals surface area contributed by atoms with Gasteiger partial charge in [0.2, 0.25) is 0 Å². The lowest BCUT2D eigenvalue weighted by Crippen LogP contribution is -2.48. The van der Waals surface area contributed by atoms with Crippen LogP contribution in [0.2, 0.25) is 0 Å². The lowest BCUT2D eigenvalue weighted by Gasteiger charge is -2.30. The van der Waals surface area contributed by atoms with Crippen molar-refractivity contribution in [3.05, 3.63) is 12.2 Å². The van der Waals surface area contributed by atoms with Crippen LogP contribution in [0, 0.1) is 0 Å². The van der Waals surface area contributed by atoms with E-state index < -0.39 is 12.1 Å². The van der Waals surface area contributed by atoms with Crippen LogP contribution in [0.4, 0.5) is 9.59 Å². The summed E-state index contributed by atoms with van der Waals surface area (Å²) in [6, 6.07) is -0.227. The lowest BCUT2D eigenvalue weighted by molar-refractivity contribution is -0.132. The normalized spacial score (nSPS) is 19.9. The maximum atomic E-state index is 11.7. The van der Waals surface area contributed by atoms with Crippen molar-refractivity contribution in [2.24, 2.45) is 0 Å². The molecule has 3 amide bonds. The lowest BCUT2D eigenvalue weighted by atomic mass is 9.91. The molecule has 4 N–H and O–H groups in total. The van der Waals surface area contributed by atoms with E-state index in [9.17, 15) is 14.4 Å². The second kappa shape index (κ2) is 10.5. The van der Waals surface area contributed by atoms with Gasteiger partial charge in [-0.25, -0.2) is 14.4 Å². The van der Waals surface area contributed by atoms with Crippen LogP contribution in [-0.4, -0.2) is 48.4 Å². The number of amides is 3. The third-order valence-electron chi connectivity index (χ3n) is 3.81. The molecule has 1 saturated carbocycles. The number of carbonyl (C=O) groups is 3. The van der Waals surface area contributed by atoms with Gasteiger partial charge in [-0.15, -0.1) is 0 Å². The smallest absolute Gasteiger partial charge is 0.407 e. The van der Waals surface area contributed by atoms with Crippen molar-refractivity contribution < 1.29 is 24.2 Å². The number of hydrogen-bond donors (Lipinski definition) is 4. The summed E-state index contributed by atoms with van der Waals surface area (Å²) in [7, 11) is 0. The van der Waals surface area contributed by atoms with Gasteiger partial charge in [-0.3, -0.25) is 0 Å². The number of ether oxygens (including phenoxy) is 1. The first-order chi connectivity index (χ1) is 11.4. The molecule has 1 fully saturated rings. The van der Waals surface area contributed by atoms with Gasteiger partial charge >= 0.3 is 18.1 Å². The third-order valence-corrected chi connectivity index (χ3v) is 3.81. The van der Waals surface area contributed by atoms with Gasteiger partial charge in [0.25, 0.3) is 0 Å². The number of alkyl carbamates (subject to hydrolysis) is 1. The Morgan fingerprint density at radius 2 is 1.88 bits per heavy atom. The fourth-order valence-corrected chi connectivity index (χ4v) is 2.51. The van der Waals surface area contributed by atoms with Crippen molar-refractivity contribution in [2.45, 2.75) is 57.5 Å². The van der Waals surface area contributed by atoms with E-state index in [0.717, 1.165) is 25.7 Å². The molecule has 8 nitrogen and oxygen atoms in total. The van der Waals surface area contributed by atoms with E-state index in [0.29, 0.717) is 13.0 Å². The monoisotopic (exact) mass is 341 g/mol. The number of nitrogens with one attached hydrogen (secondary N) is 3. The van der Waals surface area contributed by atoms with Crippen LogP contribution < -0.4 is 16.0 Å². The van der Waals surface area contributed by atoms with E-state index in [-0.39, 0.29) is 36.7 Å². The molecule has 136 valence electrons. The quantitative estimate of drug-likeness (QED) is 0.502. The van der Waals surface area contributed by atoms with E-state index in [4.69, 9.17) is 9.84 Å². The van der Waals surface area contributed by atoms with Gasteiger partial charge in [0.1, 0.15) is 0 Å². The highest BCUT2D eigenvalue weighted by Gasteiger charge is 2.24. The van der Waals surface area contributed by atoms with Gasteiger partial charge in [-0.1, -0.05) is 13.5 Å². The predicted octanol–water partition coefficient (Wildman–Crippen LogP) is 1.76. The van der Waals surface area contributed by atoms with Crippen molar-refractivity contribution >= 4 is 18.1 Å². The molecule has 1 rings (SSSR count). The summed E-state index contributed by atoms with van der Waals surface area (Å²) in [6.07, 6.45) is 3.65. The Labute approximate surface area is 142 Å². The zero-order valence-corrected chi connectivity index (χ0v) is 14.1. The summed E-state index contributed by atoms with van der Waals surface area (Å²) < 4.78 is 4.96. The molecule has 0 saturated heterocycles. The van der Waals surface area contributed by atoms with Crippen LogP contribution in [0.3, 0.4) is 0 Å². The van der Waals surface area contributed by atoms with Gasteiger partial charge in [0.05, 0.1) is 6.61 Å². The molecule has 0 aromatic heterocycles. The summed E-state index contributed by atoms with van der Waals surface area (Å²) in [4.78, 5) is 34.0. The Balaban J connectivity index is 2.26. The molecule has 0 heterocycles. The predicted molar refractivity (Wildman–Crippen MR) is 88.7 cm³/mol. The summed E-state index contributed by atoms with van der Waals surface area (Å²) in [5.41, 5.74) is 0.00261. The van der Waals surface area contributed by atoms with Crippen LogP contribution in [0.1, 0.15) is 45.4 Å². The molecule has 8 heteroatoms. The fourth-order valence-electron chi connectivity index (χ4n) is 2.51.